The maximum absolute atomic E-state index is 14.9. The van der Waals surface area contributed by atoms with Crippen LogP contribution in [-0.4, -0.2) is 53.7 Å². The quantitative estimate of drug-likeness (QED) is 0.423. The monoisotopic (exact) mass is 502 g/mol. The highest BCUT2D eigenvalue weighted by Crippen LogP contribution is 2.39. The number of alkyl halides is 1. The summed E-state index contributed by atoms with van der Waals surface area (Å²) in [5, 5.41) is 13.6. The molecule has 1 fully saturated rings. The van der Waals surface area contributed by atoms with Crippen LogP contribution in [0.4, 0.5) is 19.6 Å². The second-order valence-electron chi connectivity index (χ2n) is 8.92. The first-order valence-electron chi connectivity index (χ1n) is 11.3. The number of pyridine rings is 1. The van der Waals surface area contributed by atoms with Gasteiger partial charge < -0.3 is 20.9 Å². The second-order valence-corrected chi connectivity index (χ2v) is 9.98. The molecular formula is C25H28F2N4O3S. The number of aromatic nitrogens is 1. The van der Waals surface area contributed by atoms with E-state index in [1.807, 2.05) is 4.90 Å². The van der Waals surface area contributed by atoms with E-state index in [2.05, 4.69) is 10.3 Å². The van der Waals surface area contributed by atoms with Gasteiger partial charge in [0.25, 0.3) is 5.91 Å². The maximum Gasteiger partial charge on any atom is 0.251 e. The lowest BCUT2D eigenvalue weighted by atomic mass is 9.96. The first-order chi connectivity index (χ1) is 16.6. The van der Waals surface area contributed by atoms with Gasteiger partial charge in [-0.05, 0) is 43.7 Å². The molecule has 1 saturated heterocycles. The highest BCUT2D eigenvalue weighted by Gasteiger charge is 2.22. The van der Waals surface area contributed by atoms with Gasteiger partial charge in [-0.3, -0.25) is 9.69 Å². The number of thiophene rings is 1. The van der Waals surface area contributed by atoms with Crippen LogP contribution in [-0.2, 0) is 10.3 Å². The van der Waals surface area contributed by atoms with Gasteiger partial charge in [0.15, 0.2) is 6.17 Å². The number of benzene rings is 1. The molecule has 1 aliphatic rings. The van der Waals surface area contributed by atoms with Crippen molar-refractivity contribution in [3.8, 4) is 10.4 Å². The van der Waals surface area contributed by atoms with E-state index in [0.717, 1.165) is 11.3 Å². The topological polar surface area (TPSA) is 101 Å². The minimum Gasteiger partial charge on any atom is -0.386 e. The molecule has 2 aromatic heterocycles. The van der Waals surface area contributed by atoms with Gasteiger partial charge in [0, 0.05) is 30.1 Å². The molecule has 0 aliphatic carbocycles. The molecule has 1 amide bonds. The Morgan fingerprint density at radius 1 is 1.29 bits per heavy atom. The summed E-state index contributed by atoms with van der Waals surface area (Å²) < 4.78 is 35.1. The van der Waals surface area contributed by atoms with Crippen LogP contribution in [0, 0.1) is 5.82 Å². The summed E-state index contributed by atoms with van der Waals surface area (Å²) >= 11 is 1.14. The van der Waals surface area contributed by atoms with Crippen molar-refractivity contribution >= 4 is 28.1 Å². The Balaban J connectivity index is 1.57. The summed E-state index contributed by atoms with van der Waals surface area (Å²) in [6.07, 6.45) is -1.28. The third kappa shape index (κ3) is 6.02. The molecule has 7 nitrogen and oxygen atoms in total. The summed E-state index contributed by atoms with van der Waals surface area (Å²) in [5.74, 6) is -0.867. The number of carbonyl (C=O) groups excluding carboxylic acids is 1. The lowest BCUT2D eigenvalue weighted by Gasteiger charge is -2.27. The molecule has 186 valence electrons. The van der Waals surface area contributed by atoms with Crippen molar-refractivity contribution < 1.29 is 23.4 Å². The highest BCUT2D eigenvalue weighted by atomic mass is 32.1. The molecular weight excluding hydrogens is 474 g/mol. The summed E-state index contributed by atoms with van der Waals surface area (Å²) in [5.41, 5.74) is 5.53. The predicted molar refractivity (Wildman–Crippen MR) is 132 cm³/mol. The van der Waals surface area contributed by atoms with Gasteiger partial charge in [0.1, 0.15) is 16.6 Å². The maximum atomic E-state index is 14.9. The van der Waals surface area contributed by atoms with E-state index in [4.69, 9.17) is 10.5 Å². The number of hydrogen-bond donors (Lipinski definition) is 3. The van der Waals surface area contributed by atoms with Crippen molar-refractivity contribution in [3.63, 3.8) is 0 Å². The third-order valence-corrected chi connectivity index (χ3v) is 6.88. The molecule has 35 heavy (non-hydrogen) atoms. The fourth-order valence-electron chi connectivity index (χ4n) is 3.81. The van der Waals surface area contributed by atoms with Crippen molar-refractivity contribution in [2.24, 2.45) is 5.73 Å². The molecule has 3 heterocycles. The van der Waals surface area contributed by atoms with Crippen molar-refractivity contribution in [1.82, 2.24) is 9.88 Å². The number of nitrogens with zero attached hydrogens (tertiary/aromatic N) is 2. The van der Waals surface area contributed by atoms with Crippen LogP contribution in [0.15, 0.2) is 42.5 Å². The van der Waals surface area contributed by atoms with Crippen LogP contribution < -0.4 is 11.1 Å². The molecule has 4 rings (SSSR count). The summed E-state index contributed by atoms with van der Waals surface area (Å²) in [7, 11) is 0. The van der Waals surface area contributed by atoms with E-state index in [0.29, 0.717) is 47.6 Å². The van der Waals surface area contributed by atoms with Crippen LogP contribution >= 0.6 is 11.3 Å². The molecule has 10 heteroatoms. The number of rotatable bonds is 8. The Morgan fingerprint density at radius 2 is 2.03 bits per heavy atom. The van der Waals surface area contributed by atoms with Gasteiger partial charge in [-0.1, -0.05) is 18.2 Å². The van der Waals surface area contributed by atoms with Gasteiger partial charge in [-0.2, -0.15) is 0 Å². The lowest BCUT2D eigenvalue weighted by molar-refractivity contribution is 0.0265. The van der Waals surface area contributed by atoms with Gasteiger partial charge in [0.05, 0.1) is 30.1 Å². The zero-order valence-corrected chi connectivity index (χ0v) is 20.4. The average Bonchev–Trinajstić information content (AvgIpc) is 3.23. The predicted octanol–water partition coefficient (Wildman–Crippen LogP) is 4.36. The number of morpholine rings is 1. The van der Waals surface area contributed by atoms with Crippen molar-refractivity contribution in [2.45, 2.75) is 25.6 Å². The molecule has 0 saturated carbocycles. The standard InChI is InChI=1S/C25H28F2N4O3S/c1-25(2,33)15-6-7-16(18(26)12-15)21-13-17(23(28)32)24(35-21)30-22-5-3-4-20(29-22)19(27)14-31-8-10-34-11-9-31/h3-7,12-13,19,33H,8-11,14H2,1-2H3,(H2,28,32)(H,29,30). The molecule has 3 aromatic rings. The molecule has 0 bridgehead atoms. The van der Waals surface area contributed by atoms with E-state index in [1.54, 1.807) is 44.2 Å². The van der Waals surface area contributed by atoms with E-state index in [1.165, 1.54) is 12.1 Å². The number of aliphatic hydroxyl groups is 1. The average molecular weight is 503 g/mol. The van der Waals surface area contributed by atoms with Crippen molar-refractivity contribution in [2.75, 3.05) is 38.2 Å². The first kappa shape index (κ1) is 25.2. The SMILES string of the molecule is CC(C)(O)c1ccc(-c2cc(C(N)=O)c(Nc3cccc(C(F)CN4CCOCC4)n3)s2)c(F)c1. The number of nitrogens with one attached hydrogen (secondary N) is 1. The Hall–Kier alpha value is -2.92. The zero-order valence-electron chi connectivity index (χ0n) is 19.6. The summed E-state index contributed by atoms with van der Waals surface area (Å²) in [6.45, 7) is 5.87. The number of nitrogens with two attached hydrogens (primary N) is 1. The van der Waals surface area contributed by atoms with Crippen LogP contribution in [0.5, 0.6) is 0 Å². The van der Waals surface area contributed by atoms with Crippen LogP contribution in [0.25, 0.3) is 10.4 Å². The van der Waals surface area contributed by atoms with Gasteiger partial charge in [-0.15, -0.1) is 11.3 Å². The minimum absolute atomic E-state index is 0.174. The summed E-state index contributed by atoms with van der Waals surface area (Å²) in [4.78, 5) is 18.9. The van der Waals surface area contributed by atoms with Crippen LogP contribution in [0.3, 0.4) is 0 Å². The fraction of sp³-hybridized carbons (Fsp3) is 0.360. The summed E-state index contributed by atoms with van der Waals surface area (Å²) in [6, 6.07) is 10.9. The van der Waals surface area contributed by atoms with Gasteiger partial charge >= 0.3 is 0 Å². The molecule has 1 unspecified atom stereocenters. The number of halogens is 2. The number of amides is 1. The third-order valence-electron chi connectivity index (χ3n) is 5.79. The normalized spacial score (nSPS) is 15.7. The van der Waals surface area contributed by atoms with E-state index >= 15 is 0 Å². The number of ether oxygens (including phenoxy) is 1. The smallest absolute Gasteiger partial charge is 0.251 e. The number of hydrogen-bond acceptors (Lipinski definition) is 7. The zero-order chi connectivity index (χ0) is 25.2. The van der Waals surface area contributed by atoms with Crippen molar-refractivity contribution in [3.05, 3.63) is 65.1 Å². The molecule has 1 atom stereocenters. The largest absolute Gasteiger partial charge is 0.386 e. The Kier molecular flexibility index (Phi) is 7.46. The Morgan fingerprint density at radius 3 is 2.69 bits per heavy atom. The van der Waals surface area contributed by atoms with Gasteiger partial charge in [0.2, 0.25) is 0 Å². The number of anilines is 2. The van der Waals surface area contributed by atoms with E-state index in [9.17, 15) is 18.7 Å². The first-order valence-corrected chi connectivity index (χ1v) is 12.1. The van der Waals surface area contributed by atoms with E-state index < -0.39 is 23.5 Å². The molecule has 0 radical (unpaired) electrons. The van der Waals surface area contributed by atoms with Crippen LogP contribution in [0.2, 0.25) is 0 Å². The molecule has 1 aromatic carbocycles. The number of carbonyl (C=O) groups is 1. The highest BCUT2D eigenvalue weighted by molar-refractivity contribution is 7.19. The second kappa shape index (κ2) is 10.4. The lowest BCUT2D eigenvalue weighted by Crippen LogP contribution is -2.38. The van der Waals surface area contributed by atoms with Crippen molar-refractivity contribution in [1.29, 1.82) is 0 Å². The number of primary amides is 1. The Bertz CT molecular complexity index is 1210. The molecule has 1 aliphatic heterocycles. The minimum atomic E-state index is -1.28. The van der Waals surface area contributed by atoms with E-state index in [-0.39, 0.29) is 23.4 Å². The van der Waals surface area contributed by atoms with Gasteiger partial charge in [-0.25, -0.2) is 13.8 Å². The van der Waals surface area contributed by atoms with Crippen LogP contribution in [0.1, 0.15) is 41.6 Å². The molecule has 0 spiro atoms. The molecule has 4 N–H and O–H groups in total. The fourth-order valence-corrected chi connectivity index (χ4v) is 4.91. The Labute approximate surface area is 206 Å².